The van der Waals surface area contributed by atoms with Crippen molar-refractivity contribution in [1.29, 1.82) is 0 Å². The molecule has 0 amide bonds. The van der Waals surface area contributed by atoms with Gasteiger partial charge in [-0.05, 0) is 44.4 Å². The number of hydrogen-bond acceptors (Lipinski definition) is 2. The van der Waals surface area contributed by atoms with E-state index in [1.54, 1.807) is 0 Å². The Hall–Kier alpha value is -0.990. The van der Waals surface area contributed by atoms with Gasteiger partial charge in [-0.15, -0.1) is 0 Å². The second-order valence-electron chi connectivity index (χ2n) is 6.51. The molecule has 0 aliphatic heterocycles. The van der Waals surface area contributed by atoms with Crippen molar-refractivity contribution in [2.24, 2.45) is 11.8 Å². The maximum absolute atomic E-state index is 4.66. The van der Waals surface area contributed by atoms with E-state index in [1.165, 1.54) is 32.1 Å². The Labute approximate surface area is 117 Å². The third kappa shape index (κ3) is 3.99. The number of aryl methyl sites for hydroxylation is 2. The van der Waals surface area contributed by atoms with E-state index < -0.39 is 0 Å². The fourth-order valence-electron chi connectivity index (χ4n) is 3.41. The van der Waals surface area contributed by atoms with Gasteiger partial charge >= 0.3 is 0 Å². The fraction of sp³-hybridized carbons (Fsp3) is 0.812. The lowest BCUT2D eigenvalue weighted by Gasteiger charge is -2.32. The number of imidazole rings is 1. The summed E-state index contributed by atoms with van der Waals surface area (Å²) in [7, 11) is 0. The Balaban J connectivity index is 2.01. The summed E-state index contributed by atoms with van der Waals surface area (Å²) in [6.07, 6.45) is 8.57. The molecule has 1 heterocycles. The van der Waals surface area contributed by atoms with Gasteiger partial charge in [-0.3, -0.25) is 0 Å². The van der Waals surface area contributed by atoms with Gasteiger partial charge in [0.15, 0.2) is 0 Å². The summed E-state index contributed by atoms with van der Waals surface area (Å²) in [5.74, 6) is 2.75. The Morgan fingerprint density at radius 3 is 2.58 bits per heavy atom. The maximum atomic E-state index is 4.66. The third-order valence-corrected chi connectivity index (χ3v) is 4.16. The van der Waals surface area contributed by atoms with Crippen molar-refractivity contribution < 1.29 is 0 Å². The van der Waals surface area contributed by atoms with E-state index in [9.17, 15) is 0 Å². The molecule has 19 heavy (non-hydrogen) atoms. The Bertz CT molecular complexity index is 387. The molecule has 108 valence electrons. The van der Waals surface area contributed by atoms with Crippen LogP contribution in [0, 0.1) is 18.8 Å². The standard InChI is InChI=1S/C16H29N3/c1-5-6-7-19-11-14(4)17-16(19)18-15-9-12(2)8-13(3)10-15/h11-13,15H,5-10H2,1-4H3,(H,17,18). The molecular formula is C16H29N3. The summed E-state index contributed by atoms with van der Waals surface area (Å²) >= 11 is 0. The van der Waals surface area contributed by atoms with Gasteiger partial charge in [-0.2, -0.15) is 0 Å². The quantitative estimate of drug-likeness (QED) is 0.861. The lowest BCUT2D eigenvalue weighted by molar-refractivity contribution is 0.279. The second-order valence-corrected chi connectivity index (χ2v) is 6.51. The van der Waals surface area contributed by atoms with Crippen molar-refractivity contribution in [2.45, 2.75) is 72.4 Å². The van der Waals surface area contributed by atoms with Gasteiger partial charge in [0.05, 0.1) is 5.69 Å². The molecule has 3 nitrogen and oxygen atoms in total. The van der Waals surface area contributed by atoms with Gasteiger partial charge < -0.3 is 9.88 Å². The molecule has 0 aromatic carbocycles. The van der Waals surface area contributed by atoms with E-state index in [1.807, 2.05) is 0 Å². The fourth-order valence-corrected chi connectivity index (χ4v) is 3.41. The number of hydrogen-bond donors (Lipinski definition) is 1. The SMILES string of the molecule is CCCCn1cc(C)nc1NC1CC(C)CC(C)C1. The molecule has 0 radical (unpaired) electrons. The minimum Gasteiger partial charge on any atom is -0.353 e. The normalized spacial score (nSPS) is 27.5. The van der Waals surface area contributed by atoms with Gasteiger partial charge in [-0.1, -0.05) is 27.2 Å². The van der Waals surface area contributed by atoms with Crippen LogP contribution in [0.25, 0.3) is 0 Å². The highest BCUT2D eigenvalue weighted by Gasteiger charge is 2.24. The van der Waals surface area contributed by atoms with Gasteiger partial charge in [0.1, 0.15) is 0 Å². The van der Waals surface area contributed by atoms with Crippen LogP contribution < -0.4 is 5.32 Å². The number of aromatic nitrogens is 2. The average Bonchev–Trinajstić information content (AvgIpc) is 2.65. The third-order valence-electron chi connectivity index (χ3n) is 4.16. The zero-order valence-corrected chi connectivity index (χ0v) is 12.9. The zero-order valence-electron chi connectivity index (χ0n) is 12.9. The zero-order chi connectivity index (χ0) is 13.8. The lowest BCUT2D eigenvalue weighted by Crippen LogP contribution is -2.31. The van der Waals surface area contributed by atoms with Crippen LogP contribution in [0.2, 0.25) is 0 Å². The smallest absolute Gasteiger partial charge is 0.203 e. The molecule has 0 spiro atoms. The summed E-state index contributed by atoms with van der Waals surface area (Å²) in [5, 5.41) is 3.69. The van der Waals surface area contributed by atoms with Crippen molar-refractivity contribution in [2.75, 3.05) is 5.32 Å². The predicted molar refractivity (Wildman–Crippen MR) is 81.5 cm³/mol. The first-order valence-corrected chi connectivity index (χ1v) is 7.88. The molecule has 3 heteroatoms. The number of unbranched alkanes of at least 4 members (excludes halogenated alkanes) is 1. The maximum Gasteiger partial charge on any atom is 0.203 e. The van der Waals surface area contributed by atoms with E-state index in [2.05, 4.69) is 48.8 Å². The van der Waals surface area contributed by atoms with Crippen LogP contribution in [-0.4, -0.2) is 15.6 Å². The molecule has 1 aliphatic carbocycles. The molecule has 0 saturated heterocycles. The monoisotopic (exact) mass is 263 g/mol. The highest BCUT2D eigenvalue weighted by Crippen LogP contribution is 2.30. The van der Waals surface area contributed by atoms with Crippen molar-refractivity contribution in [3.63, 3.8) is 0 Å². The molecule has 1 aromatic rings. The number of anilines is 1. The van der Waals surface area contributed by atoms with Gasteiger partial charge in [-0.25, -0.2) is 4.98 Å². The molecule has 1 aromatic heterocycles. The molecule has 2 atom stereocenters. The first-order valence-electron chi connectivity index (χ1n) is 7.88. The molecule has 2 unspecified atom stereocenters. The Morgan fingerprint density at radius 2 is 1.95 bits per heavy atom. The van der Waals surface area contributed by atoms with Gasteiger partial charge in [0.25, 0.3) is 0 Å². The summed E-state index contributed by atoms with van der Waals surface area (Å²) in [5.41, 5.74) is 1.12. The first-order chi connectivity index (χ1) is 9.08. The molecule has 0 bridgehead atoms. The molecular weight excluding hydrogens is 234 g/mol. The lowest BCUT2D eigenvalue weighted by atomic mass is 9.80. The van der Waals surface area contributed by atoms with Crippen LogP contribution in [0.15, 0.2) is 6.20 Å². The van der Waals surface area contributed by atoms with Gasteiger partial charge in [0, 0.05) is 18.8 Å². The van der Waals surface area contributed by atoms with Crippen LogP contribution in [0.1, 0.15) is 58.6 Å². The summed E-state index contributed by atoms with van der Waals surface area (Å²) in [6.45, 7) is 10.1. The Kier molecular flexibility index (Phi) is 4.89. The summed E-state index contributed by atoms with van der Waals surface area (Å²) in [6, 6.07) is 0.598. The number of rotatable bonds is 5. The molecule has 1 aliphatic rings. The minimum absolute atomic E-state index is 0.598. The first kappa shape index (κ1) is 14.4. The van der Waals surface area contributed by atoms with Crippen LogP contribution in [-0.2, 0) is 6.54 Å². The summed E-state index contributed by atoms with van der Waals surface area (Å²) in [4.78, 5) is 4.66. The largest absolute Gasteiger partial charge is 0.353 e. The van der Waals surface area contributed by atoms with E-state index in [0.29, 0.717) is 6.04 Å². The molecule has 2 rings (SSSR count). The van der Waals surface area contributed by atoms with Crippen LogP contribution >= 0.6 is 0 Å². The van der Waals surface area contributed by atoms with Gasteiger partial charge in [0.2, 0.25) is 5.95 Å². The summed E-state index contributed by atoms with van der Waals surface area (Å²) < 4.78 is 2.29. The molecule has 1 saturated carbocycles. The van der Waals surface area contributed by atoms with E-state index in [4.69, 9.17) is 0 Å². The van der Waals surface area contributed by atoms with Crippen molar-refractivity contribution in [1.82, 2.24) is 9.55 Å². The molecule has 1 N–H and O–H groups in total. The van der Waals surface area contributed by atoms with Crippen LogP contribution in [0.4, 0.5) is 5.95 Å². The van der Waals surface area contributed by atoms with E-state index >= 15 is 0 Å². The highest BCUT2D eigenvalue weighted by atomic mass is 15.2. The average molecular weight is 263 g/mol. The number of nitrogens with one attached hydrogen (secondary N) is 1. The van der Waals surface area contributed by atoms with Crippen LogP contribution in [0.5, 0.6) is 0 Å². The highest BCUT2D eigenvalue weighted by molar-refractivity contribution is 5.30. The Morgan fingerprint density at radius 1 is 1.26 bits per heavy atom. The minimum atomic E-state index is 0.598. The second kappa shape index (κ2) is 6.44. The molecule has 1 fully saturated rings. The predicted octanol–water partition coefficient (Wildman–Crippen LogP) is 4.23. The van der Waals surface area contributed by atoms with Crippen molar-refractivity contribution in [3.8, 4) is 0 Å². The van der Waals surface area contributed by atoms with Crippen molar-refractivity contribution in [3.05, 3.63) is 11.9 Å². The number of nitrogens with zero attached hydrogens (tertiary/aromatic N) is 2. The topological polar surface area (TPSA) is 29.9 Å². The van der Waals surface area contributed by atoms with E-state index in [0.717, 1.165) is 30.0 Å². The van der Waals surface area contributed by atoms with E-state index in [-0.39, 0.29) is 0 Å². The van der Waals surface area contributed by atoms with Crippen molar-refractivity contribution >= 4 is 5.95 Å². The van der Waals surface area contributed by atoms with Crippen LogP contribution in [0.3, 0.4) is 0 Å².